The fourth-order valence-corrected chi connectivity index (χ4v) is 6.61. The standard InChI is InChI=1S/C37H29Cl2N3O2/c38-30-17-14-24(21-31(30)39)20-26-7-5-9-29-35(28-8-2-3-10-32(28)41-36(26)29)37(44)40-27-15-12-23(13-16-27)22-34(43)42-19-18-25-6-1-4-11-33(25)42/h1-4,6,8,10-17,20-21H,5,7,9,18-19,22H2,(H,40,44)/b26-20-. The van der Waals surface area contributed by atoms with E-state index < -0.39 is 0 Å². The first kappa shape index (κ1) is 28.3. The van der Waals surface area contributed by atoms with Gasteiger partial charge in [-0.1, -0.05) is 77.8 Å². The quantitative estimate of drug-likeness (QED) is 0.214. The van der Waals surface area contributed by atoms with Gasteiger partial charge in [-0.05, 0) is 96.0 Å². The van der Waals surface area contributed by atoms with Gasteiger partial charge in [-0.3, -0.25) is 9.59 Å². The minimum absolute atomic E-state index is 0.0753. The molecule has 44 heavy (non-hydrogen) atoms. The molecule has 0 bridgehead atoms. The van der Waals surface area contributed by atoms with Crippen LogP contribution in [0.2, 0.25) is 10.0 Å². The summed E-state index contributed by atoms with van der Waals surface area (Å²) in [7, 11) is 0. The number of carbonyl (C=O) groups excluding carboxylic acids is 2. The van der Waals surface area contributed by atoms with Crippen molar-refractivity contribution in [2.45, 2.75) is 32.1 Å². The Morgan fingerprint density at radius 2 is 1.66 bits per heavy atom. The van der Waals surface area contributed by atoms with Crippen molar-refractivity contribution >= 4 is 68.9 Å². The van der Waals surface area contributed by atoms with Crippen LogP contribution in [0, 0.1) is 0 Å². The number of benzene rings is 4. The molecule has 7 rings (SSSR count). The first-order valence-corrected chi connectivity index (χ1v) is 15.6. The van der Waals surface area contributed by atoms with E-state index in [0.29, 0.717) is 34.3 Å². The van der Waals surface area contributed by atoms with Gasteiger partial charge in [0.15, 0.2) is 0 Å². The molecule has 1 aromatic heterocycles. The smallest absolute Gasteiger partial charge is 0.256 e. The summed E-state index contributed by atoms with van der Waals surface area (Å²) in [5.74, 6) is -0.0977. The summed E-state index contributed by atoms with van der Waals surface area (Å²) >= 11 is 12.4. The van der Waals surface area contributed by atoms with Crippen LogP contribution in [0.1, 0.15) is 51.1 Å². The third-order valence-corrected chi connectivity index (χ3v) is 9.18. The van der Waals surface area contributed by atoms with Crippen LogP contribution in [0.25, 0.3) is 22.6 Å². The number of anilines is 2. The molecule has 0 spiro atoms. The highest BCUT2D eigenvalue weighted by atomic mass is 35.5. The lowest BCUT2D eigenvalue weighted by molar-refractivity contribution is -0.117. The van der Waals surface area contributed by atoms with E-state index >= 15 is 0 Å². The lowest BCUT2D eigenvalue weighted by Crippen LogP contribution is -2.30. The summed E-state index contributed by atoms with van der Waals surface area (Å²) in [5.41, 5.74) is 9.03. The van der Waals surface area contributed by atoms with Gasteiger partial charge in [0.2, 0.25) is 5.91 Å². The number of nitrogens with one attached hydrogen (secondary N) is 1. The summed E-state index contributed by atoms with van der Waals surface area (Å²) in [4.78, 5) is 33.9. The second kappa shape index (κ2) is 11.9. The van der Waals surface area contributed by atoms with Gasteiger partial charge in [0, 0.05) is 23.3 Å². The van der Waals surface area contributed by atoms with Crippen LogP contribution < -0.4 is 10.2 Å². The number of pyridine rings is 1. The van der Waals surface area contributed by atoms with Crippen molar-refractivity contribution in [3.05, 3.63) is 135 Å². The SMILES string of the molecule is O=C(Nc1ccc(CC(=O)N2CCc3ccccc32)cc1)c1c2c(nc3ccccc13)/C(=C\c1ccc(Cl)c(Cl)c1)CCC2. The molecule has 7 heteroatoms. The van der Waals surface area contributed by atoms with E-state index in [4.69, 9.17) is 28.2 Å². The summed E-state index contributed by atoms with van der Waals surface area (Å²) in [6.07, 6.45) is 5.79. The number of para-hydroxylation sites is 2. The summed E-state index contributed by atoms with van der Waals surface area (Å²) < 4.78 is 0. The molecule has 1 N–H and O–H groups in total. The molecule has 1 aliphatic heterocycles. The molecular formula is C37H29Cl2N3O2. The van der Waals surface area contributed by atoms with Crippen LogP contribution in [-0.2, 0) is 24.1 Å². The van der Waals surface area contributed by atoms with Gasteiger partial charge in [0.05, 0.1) is 33.2 Å². The highest BCUT2D eigenvalue weighted by Crippen LogP contribution is 2.37. The third kappa shape index (κ3) is 5.49. The average Bonchev–Trinajstić information content (AvgIpc) is 3.47. The van der Waals surface area contributed by atoms with Gasteiger partial charge < -0.3 is 10.2 Å². The van der Waals surface area contributed by atoms with Crippen molar-refractivity contribution in [2.75, 3.05) is 16.8 Å². The summed E-state index contributed by atoms with van der Waals surface area (Å²) in [5, 5.41) is 4.95. The maximum Gasteiger partial charge on any atom is 0.256 e. The number of amides is 2. The molecule has 218 valence electrons. The van der Waals surface area contributed by atoms with E-state index in [-0.39, 0.29) is 11.8 Å². The minimum atomic E-state index is -0.173. The van der Waals surface area contributed by atoms with Crippen LogP contribution >= 0.6 is 23.2 Å². The third-order valence-electron chi connectivity index (χ3n) is 8.44. The molecule has 5 aromatic rings. The van der Waals surface area contributed by atoms with Gasteiger partial charge in [0.25, 0.3) is 5.91 Å². The number of nitrogens with zero attached hydrogens (tertiary/aromatic N) is 2. The molecule has 0 saturated carbocycles. The fourth-order valence-electron chi connectivity index (χ4n) is 6.30. The van der Waals surface area contributed by atoms with Gasteiger partial charge in [-0.2, -0.15) is 0 Å². The van der Waals surface area contributed by atoms with Gasteiger partial charge >= 0.3 is 0 Å². The Bertz CT molecular complexity index is 1970. The Kier molecular flexibility index (Phi) is 7.67. The second-order valence-corrected chi connectivity index (χ2v) is 12.1. The molecule has 0 atom stereocenters. The Balaban J connectivity index is 1.15. The molecule has 5 nitrogen and oxygen atoms in total. The minimum Gasteiger partial charge on any atom is -0.322 e. The van der Waals surface area contributed by atoms with Crippen molar-refractivity contribution in [1.82, 2.24) is 4.98 Å². The van der Waals surface area contributed by atoms with Crippen molar-refractivity contribution in [3.8, 4) is 0 Å². The van der Waals surface area contributed by atoms with Crippen LogP contribution in [0.5, 0.6) is 0 Å². The zero-order chi connectivity index (χ0) is 30.2. The number of hydrogen-bond donors (Lipinski definition) is 1. The Morgan fingerprint density at radius 3 is 2.50 bits per heavy atom. The summed E-state index contributed by atoms with van der Waals surface area (Å²) in [6.45, 7) is 0.709. The monoisotopic (exact) mass is 617 g/mol. The lowest BCUT2D eigenvalue weighted by Gasteiger charge is -2.23. The molecule has 2 aliphatic rings. The Labute approximate surface area is 266 Å². The molecule has 1 aliphatic carbocycles. The van der Waals surface area contributed by atoms with E-state index in [1.165, 1.54) is 5.56 Å². The molecule has 2 amide bonds. The van der Waals surface area contributed by atoms with Crippen LogP contribution in [0.3, 0.4) is 0 Å². The van der Waals surface area contributed by atoms with E-state index in [0.717, 1.165) is 70.2 Å². The van der Waals surface area contributed by atoms with Crippen molar-refractivity contribution in [1.29, 1.82) is 0 Å². The zero-order valence-corrected chi connectivity index (χ0v) is 25.5. The maximum atomic E-state index is 13.9. The summed E-state index contributed by atoms with van der Waals surface area (Å²) in [6, 6.07) is 29.0. The molecule has 0 unspecified atom stereocenters. The van der Waals surface area contributed by atoms with Crippen LogP contribution in [-0.4, -0.2) is 23.3 Å². The first-order chi connectivity index (χ1) is 21.4. The van der Waals surface area contributed by atoms with E-state index in [2.05, 4.69) is 17.5 Å². The molecule has 0 saturated heterocycles. The molecule has 0 radical (unpaired) electrons. The number of hydrogen-bond acceptors (Lipinski definition) is 3. The number of carbonyl (C=O) groups is 2. The van der Waals surface area contributed by atoms with E-state index in [1.54, 1.807) is 6.07 Å². The zero-order valence-electron chi connectivity index (χ0n) is 23.9. The lowest BCUT2D eigenvalue weighted by atomic mass is 9.85. The van der Waals surface area contributed by atoms with Crippen molar-refractivity contribution < 1.29 is 9.59 Å². The average molecular weight is 619 g/mol. The van der Waals surface area contributed by atoms with Crippen LogP contribution in [0.4, 0.5) is 11.4 Å². The Morgan fingerprint density at radius 1 is 0.864 bits per heavy atom. The molecule has 0 fully saturated rings. The number of rotatable bonds is 5. The normalized spacial score (nSPS) is 14.9. The number of fused-ring (bicyclic) bond motifs is 3. The van der Waals surface area contributed by atoms with Gasteiger partial charge in [0.1, 0.15) is 0 Å². The first-order valence-electron chi connectivity index (χ1n) is 14.8. The topological polar surface area (TPSA) is 62.3 Å². The number of halogens is 2. The second-order valence-electron chi connectivity index (χ2n) is 11.3. The maximum absolute atomic E-state index is 13.9. The number of aromatic nitrogens is 1. The highest BCUT2D eigenvalue weighted by Gasteiger charge is 2.26. The van der Waals surface area contributed by atoms with Gasteiger partial charge in [-0.15, -0.1) is 0 Å². The van der Waals surface area contributed by atoms with E-state index in [9.17, 15) is 9.59 Å². The molecule has 2 heterocycles. The van der Waals surface area contributed by atoms with Crippen molar-refractivity contribution in [2.24, 2.45) is 0 Å². The molecule has 4 aromatic carbocycles. The molecular weight excluding hydrogens is 589 g/mol. The Hall–Kier alpha value is -4.45. The highest BCUT2D eigenvalue weighted by molar-refractivity contribution is 6.42. The van der Waals surface area contributed by atoms with Gasteiger partial charge in [-0.25, -0.2) is 4.98 Å². The predicted molar refractivity (Wildman–Crippen MR) is 180 cm³/mol. The number of allylic oxidation sites excluding steroid dienone is 1. The fraction of sp³-hybridized carbons (Fsp3) is 0.162. The van der Waals surface area contributed by atoms with Crippen LogP contribution in [0.15, 0.2) is 91.0 Å². The van der Waals surface area contributed by atoms with E-state index in [1.807, 2.05) is 83.8 Å². The predicted octanol–water partition coefficient (Wildman–Crippen LogP) is 8.80. The largest absolute Gasteiger partial charge is 0.322 e. The van der Waals surface area contributed by atoms with Crippen molar-refractivity contribution in [3.63, 3.8) is 0 Å².